The maximum Gasteiger partial charge on any atom is 0.358 e. The highest BCUT2D eigenvalue weighted by atomic mass is 16.5. The number of nitrogens with zero attached hydrogens (tertiary/aromatic N) is 2. The first-order valence-corrected chi connectivity index (χ1v) is 5.51. The Morgan fingerprint density at radius 1 is 1.47 bits per heavy atom. The van der Waals surface area contributed by atoms with Crippen molar-refractivity contribution in [3.8, 4) is 5.88 Å². The van der Waals surface area contributed by atoms with Crippen molar-refractivity contribution in [3.63, 3.8) is 0 Å². The summed E-state index contributed by atoms with van der Waals surface area (Å²) < 4.78 is 10.2. The van der Waals surface area contributed by atoms with Gasteiger partial charge in [-0.1, -0.05) is 0 Å². The number of hydrogen-bond acceptors (Lipinski definition) is 6. The highest BCUT2D eigenvalue weighted by Gasteiger charge is 2.24. The lowest BCUT2D eigenvalue weighted by Gasteiger charge is -2.12. The molecule has 0 radical (unpaired) electrons. The van der Waals surface area contributed by atoms with Crippen LogP contribution in [-0.4, -0.2) is 35.2 Å². The minimum absolute atomic E-state index is 0.0622. The molecule has 92 valence electrons. The van der Waals surface area contributed by atoms with Gasteiger partial charge in [0.1, 0.15) is 6.10 Å². The number of ether oxygens (including phenoxy) is 2. The topological polar surface area (TPSA) is 87.3 Å². The summed E-state index contributed by atoms with van der Waals surface area (Å²) in [5, 5.41) is 0. The second-order valence-electron chi connectivity index (χ2n) is 4.05. The van der Waals surface area contributed by atoms with Crippen LogP contribution in [0.4, 0.5) is 0 Å². The van der Waals surface area contributed by atoms with Crippen molar-refractivity contribution < 1.29 is 14.3 Å². The Morgan fingerprint density at radius 2 is 2.29 bits per heavy atom. The molecule has 1 aromatic heterocycles. The number of esters is 1. The van der Waals surface area contributed by atoms with Gasteiger partial charge in [-0.25, -0.2) is 9.78 Å². The van der Waals surface area contributed by atoms with Crippen molar-refractivity contribution in [2.45, 2.75) is 31.4 Å². The van der Waals surface area contributed by atoms with E-state index in [9.17, 15) is 4.79 Å². The van der Waals surface area contributed by atoms with E-state index in [0.29, 0.717) is 5.88 Å². The second-order valence-corrected chi connectivity index (χ2v) is 4.05. The van der Waals surface area contributed by atoms with Gasteiger partial charge >= 0.3 is 5.97 Å². The van der Waals surface area contributed by atoms with Crippen molar-refractivity contribution in [3.05, 3.63) is 18.1 Å². The molecule has 6 nitrogen and oxygen atoms in total. The number of rotatable bonds is 3. The van der Waals surface area contributed by atoms with Gasteiger partial charge in [-0.2, -0.15) is 0 Å². The fraction of sp³-hybridized carbons (Fsp3) is 0.545. The molecule has 0 amide bonds. The SMILES string of the molecule is COC(=O)c1cncc(OC2CCC(N)C2)n1. The summed E-state index contributed by atoms with van der Waals surface area (Å²) in [5.74, 6) is -0.182. The zero-order valence-electron chi connectivity index (χ0n) is 9.63. The van der Waals surface area contributed by atoms with Gasteiger partial charge in [0.15, 0.2) is 5.69 Å². The van der Waals surface area contributed by atoms with E-state index in [1.807, 2.05) is 0 Å². The van der Waals surface area contributed by atoms with Crippen LogP contribution < -0.4 is 10.5 Å². The first-order valence-electron chi connectivity index (χ1n) is 5.51. The summed E-state index contributed by atoms with van der Waals surface area (Å²) in [6.07, 6.45) is 5.56. The molecule has 1 fully saturated rings. The summed E-state index contributed by atoms with van der Waals surface area (Å²) >= 11 is 0. The predicted octanol–water partition coefficient (Wildman–Crippen LogP) is 0.522. The molecule has 1 saturated carbocycles. The van der Waals surface area contributed by atoms with Crippen LogP contribution in [0.5, 0.6) is 5.88 Å². The number of carbonyl (C=O) groups is 1. The van der Waals surface area contributed by atoms with Crippen LogP contribution in [0.25, 0.3) is 0 Å². The Morgan fingerprint density at radius 3 is 2.94 bits per heavy atom. The standard InChI is InChI=1S/C11H15N3O3/c1-16-11(15)9-5-13-6-10(14-9)17-8-3-2-7(12)4-8/h5-8H,2-4,12H2,1H3. The van der Waals surface area contributed by atoms with Gasteiger partial charge in [-0.3, -0.25) is 4.98 Å². The lowest BCUT2D eigenvalue weighted by Crippen LogP contribution is -2.19. The average Bonchev–Trinajstić information content (AvgIpc) is 2.74. The van der Waals surface area contributed by atoms with Gasteiger partial charge in [0, 0.05) is 6.04 Å². The average molecular weight is 237 g/mol. The molecule has 1 heterocycles. The molecule has 2 N–H and O–H groups in total. The fourth-order valence-electron chi connectivity index (χ4n) is 1.86. The van der Waals surface area contributed by atoms with Gasteiger partial charge < -0.3 is 15.2 Å². The molecule has 0 bridgehead atoms. The number of hydrogen-bond donors (Lipinski definition) is 1. The van der Waals surface area contributed by atoms with E-state index in [1.165, 1.54) is 19.5 Å². The van der Waals surface area contributed by atoms with E-state index in [4.69, 9.17) is 10.5 Å². The second kappa shape index (κ2) is 5.09. The van der Waals surface area contributed by atoms with E-state index in [-0.39, 0.29) is 17.8 Å². The highest BCUT2D eigenvalue weighted by Crippen LogP contribution is 2.22. The molecular formula is C11H15N3O3. The van der Waals surface area contributed by atoms with Crippen molar-refractivity contribution in [1.82, 2.24) is 9.97 Å². The third-order valence-corrected chi connectivity index (χ3v) is 2.72. The molecule has 0 aliphatic heterocycles. The molecule has 2 unspecified atom stereocenters. The molecule has 2 rings (SSSR count). The van der Waals surface area contributed by atoms with Crippen LogP contribution in [0.1, 0.15) is 29.8 Å². The van der Waals surface area contributed by atoms with Gasteiger partial charge in [0.05, 0.1) is 19.5 Å². The van der Waals surface area contributed by atoms with Crippen LogP contribution in [0.2, 0.25) is 0 Å². The number of carbonyl (C=O) groups excluding carboxylic acids is 1. The maximum absolute atomic E-state index is 11.3. The van der Waals surface area contributed by atoms with Crippen molar-refractivity contribution >= 4 is 5.97 Å². The molecule has 17 heavy (non-hydrogen) atoms. The summed E-state index contributed by atoms with van der Waals surface area (Å²) in [6.45, 7) is 0. The molecule has 0 aromatic carbocycles. The Balaban J connectivity index is 2.03. The summed E-state index contributed by atoms with van der Waals surface area (Å²) in [5.41, 5.74) is 5.93. The van der Waals surface area contributed by atoms with Gasteiger partial charge in [-0.15, -0.1) is 0 Å². The summed E-state index contributed by atoms with van der Waals surface area (Å²) in [7, 11) is 1.30. The van der Waals surface area contributed by atoms with E-state index < -0.39 is 5.97 Å². The third-order valence-electron chi connectivity index (χ3n) is 2.72. The molecule has 6 heteroatoms. The molecule has 1 aliphatic carbocycles. The number of aromatic nitrogens is 2. The Bertz CT molecular complexity index is 411. The van der Waals surface area contributed by atoms with Crippen LogP contribution in [0.3, 0.4) is 0 Å². The van der Waals surface area contributed by atoms with E-state index >= 15 is 0 Å². The van der Waals surface area contributed by atoms with Crippen LogP contribution in [-0.2, 0) is 4.74 Å². The van der Waals surface area contributed by atoms with E-state index in [1.54, 1.807) is 0 Å². The summed E-state index contributed by atoms with van der Waals surface area (Å²) in [6, 6.07) is 0.191. The minimum Gasteiger partial charge on any atom is -0.473 e. The largest absolute Gasteiger partial charge is 0.473 e. The first-order chi connectivity index (χ1) is 8.19. The van der Waals surface area contributed by atoms with Gasteiger partial charge in [0.2, 0.25) is 5.88 Å². The van der Waals surface area contributed by atoms with Crippen molar-refractivity contribution in [2.24, 2.45) is 5.73 Å². The van der Waals surface area contributed by atoms with Crippen molar-refractivity contribution in [1.29, 1.82) is 0 Å². The van der Waals surface area contributed by atoms with Crippen LogP contribution in [0, 0.1) is 0 Å². The van der Waals surface area contributed by atoms with Crippen molar-refractivity contribution in [2.75, 3.05) is 7.11 Å². The molecule has 1 aliphatic rings. The van der Waals surface area contributed by atoms with Crippen LogP contribution in [0.15, 0.2) is 12.4 Å². The zero-order chi connectivity index (χ0) is 12.3. The summed E-state index contributed by atoms with van der Waals surface area (Å²) in [4.78, 5) is 19.2. The molecule has 0 saturated heterocycles. The van der Waals surface area contributed by atoms with Crippen LogP contribution >= 0.6 is 0 Å². The normalized spacial score (nSPS) is 23.4. The van der Waals surface area contributed by atoms with Gasteiger partial charge in [-0.05, 0) is 19.3 Å². The Hall–Kier alpha value is -1.69. The number of nitrogens with two attached hydrogens (primary N) is 1. The monoisotopic (exact) mass is 237 g/mol. The molecule has 2 atom stereocenters. The zero-order valence-corrected chi connectivity index (χ0v) is 9.63. The smallest absolute Gasteiger partial charge is 0.358 e. The Labute approximate surface area is 99.1 Å². The lowest BCUT2D eigenvalue weighted by atomic mass is 10.3. The lowest BCUT2D eigenvalue weighted by molar-refractivity contribution is 0.0591. The number of methoxy groups -OCH3 is 1. The van der Waals surface area contributed by atoms with Gasteiger partial charge in [0.25, 0.3) is 0 Å². The first kappa shape index (κ1) is 11.8. The van der Waals surface area contributed by atoms with E-state index in [0.717, 1.165) is 19.3 Å². The minimum atomic E-state index is -0.522. The molecule has 1 aromatic rings. The maximum atomic E-state index is 11.3. The fourth-order valence-corrected chi connectivity index (χ4v) is 1.86. The molecule has 0 spiro atoms. The highest BCUT2D eigenvalue weighted by molar-refractivity contribution is 5.86. The molecular weight excluding hydrogens is 222 g/mol. The Kier molecular flexibility index (Phi) is 3.53. The van der Waals surface area contributed by atoms with E-state index in [2.05, 4.69) is 14.7 Å². The predicted molar refractivity (Wildman–Crippen MR) is 59.6 cm³/mol. The quantitative estimate of drug-likeness (QED) is 0.771. The third kappa shape index (κ3) is 2.91.